The summed E-state index contributed by atoms with van der Waals surface area (Å²) in [5, 5.41) is 7.51. The minimum atomic E-state index is -0.391. The summed E-state index contributed by atoms with van der Waals surface area (Å²) in [7, 11) is 0. The highest BCUT2D eigenvalue weighted by molar-refractivity contribution is 5.99. The number of rotatable bonds is 2. The molecule has 0 saturated heterocycles. The number of nitrogens with zero attached hydrogens (tertiary/aromatic N) is 2. The van der Waals surface area contributed by atoms with Gasteiger partial charge < -0.3 is 11.1 Å². The number of anilines is 1. The van der Waals surface area contributed by atoms with Gasteiger partial charge in [-0.05, 0) is 12.8 Å². The second-order valence-corrected chi connectivity index (χ2v) is 3.39. The lowest BCUT2D eigenvalue weighted by Crippen LogP contribution is -2.21. The van der Waals surface area contributed by atoms with Crippen LogP contribution in [0.2, 0.25) is 0 Å². The molecule has 5 heteroatoms. The largest absolute Gasteiger partial charge is 0.370 e. The van der Waals surface area contributed by atoms with Gasteiger partial charge in [0, 0.05) is 13.1 Å². The Balaban J connectivity index is 2.53. The van der Waals surface area contributed by atoms with Gasteiger partial charge in [-0.15, -0.1) is 0 Å². The molecule has 2 rings (SSSR count). The lowest BCUT2D eigenvalue weighted by molar-refractivity contribution is 0.1000. The SMILES string of the molecule is CCc1nn2c(c1C(N)=O)NCCC2. The Hall–Kier alpha value is -1.52. The topological polar surface area (TPSA) is 72.9 Å². The monoisotopic (exact) mass is 194 g/mol. The Kier molecular flexibility index (Phi) is 2.15. The zero-order valence-electron chi connectivity index (χ0n) is 8.21. The van der Waals surface area contributed by atoms with Gasteiger partial charge in [0.25, 0.3) is 5.91 Å². The Morgan fingerprint density at radius 2 is 2.50 bits per heavy atom. The van der Waals surface area contributed by atoms with Crippen molar-refractivity contribution in [1.29, 1.82) is 0 Å². The molecule has 0 atom stereocenters. The molecule has 0 spiro atoms. The van der Waals surface area contributed by atoms with Crippen molar-refractivity contribution in [2.45, 2.75) is 26.3 Å². The first-order valence-electron chi connectivity index (χ1n) is 4.87. The van der Waals surface area contributed by atoms with Crippen LogP contribution in [0.1, 0.15) is 29.4 Å². The van der Waals surface area contributed by atoms with E-state index in [1.165, 1.54) is 0 Å². The Bertz CT molecular complexity index is 369. The molecule has 2 heterocycles. The van der Waals surface area contributed by atoms with Crippen LogP contribution in [0.3, 0.4) is 0 Å². The number of nitrogens with one attached hydrogen (secondary N) is 1. The van der Waals surface area contributed by atoms with Crippen LogP contribution in [-0.2, 0) is 13.0 Å². The van der Waals surface area contributed by atoms with Crippen molar-refractivity contribution in [2.75, 3.05) is 11.9 Å². The zero-order valence-corrected chi connectivity index (χ0v) is 8.21. The van der Waals surface area contributed by atoms with Gasteiger partial charge in [-0.1, -0.05) is 6.92 Å². The fraction of sp³-hybridized carbons (Fsp3) is 0.556. The Morgan fingerprint density at radius 3 is 3.14 bits per heavy atom. The summed E-state index contributed by atoms with van der Waals surface area (Å²) in [6, 6.07) is 0. The van der Waals surface area contributed by atoms with E-state index in [-0.39, 0.29) is 0 Å². The maximum Gasteiger partial charge on any atom is 0.254 e. The van der Waals surface area contributed by atoms with E-state index >= 15 is 0 Å². The number of aryl methyl sites for hydroxylation is 2. The molecule has 0 fully saturated rings. The number of aromatic nitrogens is 2. The summed E-state index contributed by atoms with van der Waals surface area (Å²) >= 11 is 0. The molecule has 76 valence electrons. The molecule has 1 aromatic rings. The van der Waals surface area contributed by atoms with E-state index in [9.17, 15) is 4.79 Å². The smallest absolute Gasteiger partial charge is 0.254 e. The van der Waals surface area contributed by atoms with Gasteiger partial charge in [-0.3, -0.25) is 4.79 Å². The first-order chi connectivity index (χ1) is 6.74. The van der Waals surface area contributed by atoms with Crippen LogP contribution in [0.25, 0.3) is 0 Å². The summed E-state index contributed by atoms with van der Waals surface area (Å²) in [4.78, 5) is 11.2. The normalized spacial score (nSPS) is 14.6. The summed E-state index contributed by atoms with van der Waals surface area (Å²) in [6.45, 7) is 3.72. The predicted molar refractivity (Wildman–Crippen MR) is 53.2 cm³/mol. The van der Waals surface area contributed by atoms with E-state index in [0.717, 1.165) is 37.4 Å². The molecular formula is C9H14N4O. The van der Waals surface area contributed by atoms with Gasteiger partial charge in [-0.2, -0.15) is 5.10 Å². The molecule has 1 aliphatic heterocycles. The predicted octanol–water partition coefficient (Wildman–Crippen LogP) is 0.360. The second-order valence-electron chi connectivity index (χ2n) is 3.39. The number of hydrogen-bond donors (Lipinski definition) is 2. The fourth-order valence-electron chi connectivity index (χ4n) is 1.79. The van der Waals surface area contributed by atoms with E-state index < -0.39 is 5.91 Å². The minimum Gasteiger partial charge on any atom is -0.370 e. The number of fused-ring (bicyclic) bond motifs is 1. The number of primary amides is 1. The lowest BCUT2D eigenvalue weighted by Gasteiger charge is -2.15. The molecule has 0 unspecified atom stereocenters. The molecule has 0 aromatic carbocycles. The molecule has 3 N–H and O–H groups in total. The van der Waals surface area contributed by atoms with Gasteiger partial charge in [0.2, 0.25) is 0 Å². The second kappa shape index (κ2) is 3.32. The van der Waals surface area contributed by atoms with Crippen molar-refractivity contribution in [3.63, 3.8) is 0 Å². The Morgan fingerprint density at radius 1 is 1.71 bits per heavy atom. The third kappa shape index (κ3) is 1.25. The van der Waals surface area contributed by atoms with Gasteiger partial charge >= 0.3 is 0 Å². The van der Waals surface area contributed by atoms with Crippen molar-refractivity contribution in [2.24, 2.45) is 5.73 Å². The number of hydrogen-bond acceptors (Lipinski definition) is 3. The molecule has 0 radical (unpaired) electrons. The number of carbonyl (C=O) groups is 1. The molecule has 14 heavy (non-hydrogen) atoms. The van der Waals surface area contributed by atoms with E-state index in [2.05, 4.69) is 10.4 Å². The van der Waals surface area contributed by atoms with Gasteiger partial charge in [0.15, 0.2) is 0 Å². The maximum absolute atomic E-state index is 11.2. The van der Waals surface area contributed by atoms with Crippen LogP contribution in [0.15, 0.2) is 0 Å². The summed E-state index contributed by atoms with van der Waals surface area (Å²) in [6.07, 6.45) is 1.77. The highest BCUT2D eigenvalue weighted by Crippen LogP contribution is 2.22. The number of amides is 1. The zero-order chi connectivity index (χ0) is 10.1. The fourth-order valence-corrected chi connectivity index (χ4v) is 1.79. The average Bonchev–Trinajstić information content (AvgIpc) is 2.55. The summed E-state index contributed by atoms with van der Waals surface area (Å²) in [5.41, 5.74) is 6.68. The maximum atomic E-state index is 11.2. The average molecular weight is 194 g/mol. The van der Waals surface area contributed by atoms with E-state index in [1.807, 2.05) is 11.6 Å². The van der Waals surface area contributed by atoms with Crippen molar-refractivity contribution in [1.82, 2.24) is 9.78 Å². The van der Waals surface area contributed by atoms with E-state index in [1.54, 1.807) is 0 Å². The molecule has 5 nitrogen and oxygen atoms in total. The first kappa shape index (κ1) is 9.05. The third-order valence-electron chi connectivity index (χ3n) is 2.45. The molecule has 0 aliphatic carbocycles. The van der Waals surface area contributed by atoms with Crippen molar-refractivity contribution >= 4 is 11.7 Å². The third-order valence-corrected chi connectivity index (χ3v) is 2.45. The van der Waals surface area contributed by atoms with Crippen LogP contribution >= 0.6 is 0 Å². The molecule has 1 amide bonds. The summed E-state index contributed by atoms with van der Waals surface area (Å²) < 4.78 is 1.84. The number of carbonyl (C=O) groups excluding carboxylic acids is 1. The molecule has 1 aliphatic rings. The van der Waals surface area contributed by atoms with Crippen molar-refractivity contribution in [3.8, 4) is 0 Å². The minimum absolute atomic E-state index is 0.391. The van der Waals surface area contributed by atoms with Gasteiger partial charge in [-0.25, -0.2) is 4.68 Å². The Labute approximate surface area is 82.3 Å². The van der Waals surface area contributed by atoms with E-state index in [4.69, 9.17) is 5.73 Å². The van der Waals surface area contributed by atoms with Crippen molar-refractivity contribution < 1.29 is 4.79 Å². The van der Waals surface area contributed by atoms with Crippen LogP contribution in [0, 0.1) is 0 Å². The molecule has 1 aromatic heterocycles. The number of nitrogens with two attached hydrogens (primary N) is 1. The van der Waals surface area contributed by atoms with E-state index in [0.29, 0.717) is 5.56 Å². The van der Waals surface area contributed by atoms with Gasteiger partial charge in [0.05, 0.1) is 5.69 Å². The quantitative estimate of drug-likeness (QED) is 0.714. The standard InChI is InChI=1S/C9H14N4O/c1-2-6-7(8(10)14)9-11-4-3-5-13(9)12-6/h11H,2-5H2,1H3,(H2,10,14). The highest BCUT2D eigenvalue weighted by atomic mass is 16.1. The van der Waals surface area contributed by atoms with Crippen LogP contribution in [0.4, 0.5) is 5.82 Å². The lowest BCUT2D eigenvalue weighted by atomic mass is 10.1. The molecule has 0 bridgehead atoms. The highest BCUT2D eigenvalue weighted by Gasteiger charge is 2.22. The summed E-state index contributed by atoms with van der Waals surface area (Å²) in [5.74, 6) is 0.401. The molecule has 0 saturated carbocycles. The molecular weight excluding hydrogens is 180 g/mol. The van der Waals surface area contributed by atoms with Gasteiger partial charge in [0.1, 0.15) is 11.4 Å². The van der Waals surface area contributed by atoms with Crippen LogP contribution in [0.5, 0.6) is 0 Å². The van der Waals surface area contributed by atoms with Crippen LogP contribution in [-0.4, -0.2) is 22.2 Å². The first-order valence-corrected chi connectivity index (χ1v) is 4.87. The van der Waals surface area contributed by atoms with Crippen molar-refractivity contribution in [3.05, 3.63) is 11.3 Å². The van der Waals surface area contributed by atoms with Crippen LogP contribution < -0.4 is 11.1 Å².